The third-order valence-corrected chi connectivity index (χ3v) is 6.44. The van der Waals surface area contributed by atoms with Crippen LogP contribution in [0.25, 0.3) is 0 Å². The smallest absolute Gasteiger partial charge is 0.255 e. The minimum absolute atomic E-state index is 0. The quantitative estimate of drug-likeness (QED) is 0.630. The van der Waals surface area contributed by atoms with Gasteiger partial charge in [-0.05, 0) is 44.2 Å². The maximum atomic E-state index is 13.2. The zero-order chi connectivity index (χ0) is 21.8. The maximum absolute atomic E-state index is 13.2. The number of methoxy groups -OCH3 is 2. The first-order valence-electron chi connectivity index (χ1n) is 11.1. The summed E-state index contributed by atoms with van der Waals surface area (Å²) in [6, 6.07) is 15.3. The lowest BCUT2D eigenvalue weighted by Crippen LogP contribution is -2.50. The molecule has 4 rings (SSSR count). The fraction of sp³-hybridized carbons (Fsp3) is 0.480. The molecule has 0 saturated carbocycles. The number of halogens is 1. The zero-order valence-corrected chi connectivity index (χ0v) is 19.8. The summed E-state index contributed by atoms with van der Waals surface area (Å²) in [6.45, 7) is 3.33. The van der Waals surface area contributed by atoms with Crippen LogP contribution in [0.5, 0.6) is 17.2 Å². The number of rotatable bonds is 8. The SMILES string of the molecule is CCOc1c(OC)cc(OC)cc1C(=O)NC1CC2CCC(C1)N2Cc1ccccc1.Cl. The van der Waals surface area contributed by atoms with Crippen LogP contribution in [-0.4, -0.2) is 49.8 Å². The highest BCUT2D eigenvalue weighted by atomic mass is 35.5. The molecular formula is C25H33ClN2O4. The summed E-state index contributed by atoms with van der Waals surface area (Å²) in [6.07, 6.45) is 4.34. The minimum Gasteiger partial charge on any atom is -0.497 e. The summed E-state index contributed by atoms with van der Waals surface area (Å²) in [7, 11) is 3.15. The van der Waals surface area contributed by atoms with E-state index in [4.69, 9.17) is 14.2 Å². The standard InChI is InChI=1S/C25H32N2O4.ClH/c1-4-31-24-22(14-21(29-2)15-23(24)30-3)25(28)26-18-12-19-10-11-20(13-18)27(19)16-17-8-6-5-7-9-17;/h5-9,14-15,18-20H,4,10-13,16H2,1-3H3,(H,26,28);1H. The molecule has 32 heavy (non-hydrogen) atoms. The third-order valence-electron chi connectivity index (χ3n) is 6.44. The highest BCUT2D eigenvalue weighted by Gasteiger charge is 2.41. The number of hydrogen-bond acceptors (Lipinski definition) is 5. The van der Waals surface area contributed by atoms with Crippen LogP contribution in [0.1, 0.15) is 48.5 Å². The lowest BCUT2D eigenvalue weighted by atomic mass is 9.96. The van der Waals surface area contributed by atoms with Crippen molar-refractivity contribution >= 4 is 18.3 Å². The van der Waals surface area contributed by atoms with E-state index < -0.39 is 0 Å². The highest BCUT2D eigenvalue weighted by Crippen LogP contribution is 2.38. The summed E-state index contributed by atoms with van der Waals surface area (Å²) < 4.78 is 16.6. The van der Waals surface area contributed by atoms with Gasteiger partial charge in [-0.1, -0.05) is 30.3 Å². The lowest BCUT2D eigenvalue weighted by Gasteiger charge is -2.39. The van der Waals surface area contributed by atoms with Crippen LogP contribution in [0.4, 0.5) is 0 Å². The Labute approximate surface area is 196 Å². The molecule has 2 atom stereocenters. The zero-order valence-electron chi connectivity index (χ0n) is 19.0. The van der Waals surface area contributed by atoms with Crippen LogP contribution in [0.2, 0.25) is 0 Å². The van der Waals surface area contributed by atoms with Crippen LogP contribution in [0.3, 0.4) is 0 Å². The Balaban J connectivity index is 0.00000289. The molecule has 2 unspecified atom stereocenters. The van der Waals surface area contributed by atoms with Crippen molar-refractivity contribution in [1.29, 1.82) is 0 Å². The second-order valence-corrected chi connectivity index (χ2v) is 8.32. The van der Waals surface area contributed by atoms with Crippen molar-refractivity contribution in [3.63, 3.8) is 0 Å². The van der Waals surface area contributed by atoms with Crippen LogP contribution in [-0.2, 0) is 6.54 Å². The molecule has 7 heteroatoms. The molecule has 174 valence electrons. The van der Waals surface area contributed by atoms with Gasteiger partial charge in [0.05, 0.1) is 26.4 Å². The van der Waals surface area contributed by atoms with Gasteiger partial charge in [0.1, 0.15) is 5.75 Å². The lowest BCUT2D eigenvalue weighted by molar-refractivity contribution is 0.0824. The van der Waals surface area contributed by atoms with Crippen molar-refractivity contribution in [3.8, 4) is 17.2 Å². The van der Waals surface area contributed by atoms with Crippen molar-refractivity contribution in [2.45, 2.75) is 57.3 Å². The van der Waals surface area contributed by atoms with E-state index in [1.807, 2.05) is 6.92 Å². The number of ether oxygens (including phenoxy) is 3. The van der Waals surface area contributed by atoms with E-state index in [9.17, 15) is 4.79 Å². The van der Waals surface area contributed by atoms with E-state index in [-0.39, 0.29) is 24.4 Å². The molecule has 2 aromatic carbocycles. The molecule has 2 aliphatic rings. The summed E-state index contributed by atoms with van der Waals surface area (Å²) in [5.41, 5.74) is 1.81. The summed E-state index contributed by atoms with van der Waals surface area (Å²) in [4.78, 5) is 15.9. The van der Waals surface area contributed by atoms with Gasteiger partial charge >= 0.3 is 0 Å². The van der Waals surface area contributed by atoms with Gasteiger partial charge in [-0.3, -0.25) is 9.69 Å². The van der Waals surface area contributed by atoms with E-state index in [1.165, 1.54) is 18.4 Å². The van der Waals surface area contributed by atoms with Crippen molar-refractivity contribution in [2.75, 3.05) is 20.8 Å². The van der Waals surface area contributed by atoms with Crippen molar-refractivity contribution < 1.29 is 19.0 Å². The molecule has 2 aromatic rings. The van der Waals surface area contributed by atoms with Gasteiger partial charge in [0.15, 0.2) is 11.5 Å². The second kappa shape index (κ2) is 10.9. The molecule has 6 nitrogen and oxygen atoms in total. The van der Waals surface area contributed by atoms with Crippen molar-refractivity contribution in [3.05, 3.63) is 53.6 Å². The average Bonchev–Trinajstić information content (AvgIpc) is 3.02. The first-order valence-corrected chi connectivity index (χ1v) is 11.1. The predicted molar refractivity (Wildman–Crippen MR) is 127 cm³/mol. The molecule has 1 amide bonds. The Bertz CT molecular complexity index is 894. The third kappa shape index (κ3) is 5.13. The van der Waals surface area contributed by atoms with Crippen molar-refractivity contribution in [2.24, 2.45) is 0 Å². The van der Waals surface area contributed by atoms with E-state index >= 15 is 0 Å². The normalized spacial score (nSPS) is 22.0. The molecule has 2 saturated heterocycles. The largest absolute Gasteiger partial charge is 0.497 e. The van der Waals surface area contributed by atoms with Gasteiger partial charge < -0.3 is 19.5 Å². The fourth-order valence-electron chi connectivity index (χ4n) is 5.02. The molecule has 1 N–H and O–H groups in total. The highest BCUT2D eigenvalue weighted by molar-refractivity contribution is 5.98. The number of nitrogens with one attached hydrogen (secondary N) is 1. The van der Waals surface area contributed by atoms with Gasteiger partial charge in [0.25, 0.3) is 5.91 Å². The fourth-order valence-corrected chi connectivity index (χ4v) is 5.02. The molecule has 0 spiro atoms. The maximum Gasteiger partial charge on any atom is 0.255 e. The molecule has 2 heterocycles. The van der Waals surface area contributed by atoms with Crippen molar-refractivity contribution in [1.82, 2.24) is 10.2 Å². The van der Waals surface area contributed by atoms with Gasteiger partial charge in [-0.2, -0.15) is 0 Å². The molecule has 2 fully saturated rings. The number of piperidine rings is 1. The Morgan fingerprint density at radius 2 is 1.75 bits per heavy atom. The number of nitrogens with zero attached hydrogens (tertiary/aromatic N) is 1. The monoisotopic (exact) mass is 460 g/mol. The Morgan fingerprint density at radius 3 is 2.34 bits per heavy atom. The number of carbonyl (C=O) groups excluding carboxylic acids is 1. The minimum atomic E-state index is -0.137. The Morgan fingerprint density at radius 1 is 1.06 bits per heavy atom. The van der Waals surface area contributed by atoms with Crippen LogP contribution in [0.15, 0.2) is 42.5 Å². The summed E-state index contributed by atoms with van der Waals surface area (Å²) in [5.74, 6) is 1.40. The molecule has 2 aliphatic heterocycles. The molecule has 0 radical (unpaired) electrons. The van der Waals surface area contributed by atoms with Crippen LogP contribution >= 0.6 is 12.4 Å². The summed E-state index contributed by atoms with van der Waals surface area (Å²) in [5, 5.41) is 3.27. The molecular weight excluding hydrogens is 428 g/mol. The van der Waals surface area contributed by atoms with Crippen LogP contribution in [0, 0.1) is 0 Å². The topological polar surface area (TPSA) is 60.0 Å². The van der Waals surface area contributed by atoms with Crippen LogP contribution < -0.4 is 19.5 Å². The molecule has 0 aliphatic carbocycles. The van der Waals surface area contributed by atoms with Gasteiger partial charge in [-0.25, -0.2) is 0 Å². The molecule has 0 aromatic heterocycles. The Hall–Kier alpha value is -2.44. The van der Waals surface area contributed by atoms with E-state index in [0.29, 0.717) is 41.5 Å². The van der Waals surface area contributed by atoms with E-state index in [0.717, 1.165) is 19.4 Å². The average molecular weight is 461 g/mol. The number of carbonyl (C=O) groups is 1. The summed E-state index contributed by atoms with van der Waals surface area (Å²) >= 11 is 0. The van der Waals surface area contributed by atoms with Gasteiger partial charge in [-0.15, -0.1) is 12.4 Å². The second-order valence-electron chi connectivity index (χ2n) is 8.32. The van der Waals surface area contributed by atoms with E-state index in [2.05, 4.69) is 40.5 Å². The first-order chi connectivity index (χ1) is 15.1. The number of benzene rings is 2. The molecule has 2 bridgehead atoms. The first kappa shape index (κ1) is 24.2. The predicted octanol–water partition coefficient (Wildman–Crippen LogP) is 4.45. The Kier molecular flexibility index (Phi) is 8.26. The number of hydrogen-bond donors (Lipinski definition) is 1. The van der Waals surface area contributed by atoms with Gasteiger partial charge in [0, 0.05) is 30.7 Å². The van der Waals surface area contributed by atoms with Gasteiger partial charge in [0.2, 0.25) is 0 Å². The number of amides is 1. The number of fused-ring (bicyclic) bond motifs is 2. The van der Waals surface area contributed by atoms with E-state index in [1.54, 1.807) is 26.4 Å².